The largest absolute Gasteiger partial charge is 0.497 e. The number of carbonyl (C=O) groups excluding carboxylic acids is 2. The number of rotatable bonds is 11. The highest BCUT2D eigenvalue weighted by atomic mass is 35.5. The predicted molar refractivity (Wildman–Crippen MR) is 135 cm³/mol. The third kappa shape index (κ3) is 7.11. The monoisotopic (exact) mass is 509 g/mol. The van der Waals surface area contributed by atoms with Crippen molar-refractivity contribution in [3.05, 3.63) is 58.6 Å². The zero-order valence-corrected chi connectivity index (χ0v) is 21.7. The number of anilines is 1. The van der Waals surface area contributed by atoms with Crippen LogP contribution in [0.3, 0.4) is 0 Å². The Morgan fingerprint density at radius 2 is 1.85 bits per heavy atom. The first-order valence-corrected chi connectivity index (χ1v) is 13.2. The fourth-order valence-electron chi connectivity index (χ4n) is 3.53. The Balaban J connectivity index is 2.46. The number of likely N-dealkylation sites (N-methyl/N-ethyl adjacent to an activating group) is 1. The summed E-state index contributed by atoms with van der Waals surface area (Å²) in [5.41, 5.74) is 1.81. The van der Waals surface area contributed by atoms with Gasteiger partial charge in [0.1, 0.15) is 18.3 Å². The highest BCUT2D eigenvalue weighted by Gasteiger charge is 2.31. The molecule has 2 rings (SSSR count). The number of nitrogens with one attached hydrogen (secondary N) is 1. The summed E-state index contributed by atoms with van der Waals surface area (Å²) in [6.45, 7) is 5.45. The Kier molecular flexibility index (Phi) is 9.76. The molecule has 0 aromatic heterocycles. The van der Waals surface area contributed by atoms with Crippen LogP contribution in [-0.2, 0) is 26.2 Å². The van der Waals surface area contributed by atoms with Gasteiger partial charge >= 0.3 is 0 Å². The average Bonchev–Trinajstić information content (AvgIpc) is 2.78. The Bertz CT molecular complexity index is 1120. The summed E-state index contributed by atoms with van der Waals surface area (Å²) in [6.07, 6.45) is 1.39. The van der Waals surface area contributed by atoms with Gasteiger partial charge in [0.2, 0.25) is 21.8 Å². The highest BCUT2D eigenvalue weighted by molar-refractivity contribution is 7.92. The SMILES string of the molecule is CCNC(=O)[C@@H](CC)N(Cc1cccc(OC)c1)C(=O)CN(c1ccc(C)c(Cl)c1)S(C)(=O)=O. The van der Waals surface area contributed by atoms with Crippen molar-refractivity contribution in [1.29, 1.82) is 0 Å². The van der Waals surface area contributed by atoms with Crippen LogP contribution in [0, 0.1) is 6.92 Å². The van der Waals surface area contributed by atoms with E-state index in [1.807, 2.05) is 6.07 Å². The number of carbonyl (C=O) groups is 2. The standard InChI is InChI=1S/C24H32ClN3O5S/c1-6-22(24(30)26-7-2)27(15-18-9-8-10-20(13-18)33-4)23(29)16-28(34(5,31)32)19-12-11-17(3)21(25)14-19/h8-14,22H,6-7,15-16H2,1-5H3,(H,26,30)/t22-/m1/s1. The van der Waals surface area contributed by atoms with Gasteiger partial charge in [-0.05, 0) is 55.7 Å². The molecule has 2 aromatic carbocycles. The summed E-state index contributed by atoms with van der Waals surface area (Å²) < 4.78 is 31.5. The minimum absolute atomic E-state index is 0.109. The third-order valence-corrected chi connectivity index (χ3v) is 6.89. The summed E-state index contributed by atoms with van der Waals surface area (Å²) in [5.74, 6) is -0.198. The minimum atomic E-state index is -3.82. The van der Waals surface area contributed by atoms with E-state index in [2.05, 4.69) is 5.32 Å². The van der Waals surface area contributed by atoms with E-state index in [0.29, 0.717) is 23.7 Å². The zero-order chi connectivity index (χ0) is 25.5. The number of methoxy groups -OCH3 is 1. The second-order valence-corrected chi connectivity index (χ2v) is 10.2. The molecule has 0 saturated carbocycles. The van der Waals surface area contributed by atoms with Crippen LogP contribution in [0.15, 0.2) is 42.5 Å². The predicted octanol–water partition coefficient (Wildman–Crippen LogP) is 3.37. The zero-order valence-electron chi connectivity index (χ0n) is 20.2. The molecule has 34 heavy (non-hydrogen) atoms. The Hall–Kier alpha value is -2.78. The summed E-state index contributed by atoms with van der Waals surface area (Å²) in [6, 6.07) is 11.2. The first-order chi connectivity index (χ1) is 16.0. The molecule has 0 bridgehead atoms. The van der Waals surface area contributed by atoms with Crippen molar-refractivity contribution < 1.29 is 22.7 Å². The molecule has 0 saturated heterocycles. The second kappa shape index (κ2) is 12.1. The normalized spacial score (nSPS) is 12.1. The van der Waals surface area contributed by atoms with Gasteiger partial charge in [-0.2, -0.15) is 0 Å². The topological polar surface area (TPSA) is 96.0 Å². The van der Waals surface area contributed by atoms with E-state index in [0.717, 1.165) is 21.7 Å². The molecule has 0 heterocycles. The van der Waals surface area contributed by atoms with Crippen molar-refractivity contribution in [2.45, 2.75) is 39.8 Å². The maximum Gasteiger partial charge on any atom is 0.244 e. The number of hydrogen-bond donors (Lipinski definition) is 1. The maximum atomic E-state index is 13.6. The number of amides is 2. The molecule has 0 unspecified atom stereocenters. The van der Waals surface area contributed by atoms with Gasteiger partial charge in [0, 0.05) is 18.1 Å². The molecule has 0 spiro atoms. The molecule has 1 atom stereocenters. The van der Waals surface area contributed by atoms with E-state index in [9.17, 15) is 18.0 Å². The van der Waals surface area contributed by atoms with E-state index in [-0.39, 0.29) is 18.1 Å². The van der Waals surface area contributed by atoms with E-state index < -0.39 is 28.5 Å². The van der Waals surface area contributed by atoms with Gasteiger partial charge in [-0.1, -0.05) is 36.7 Å². The van der Waals surface area contributed by atoms with Gasteiger partial charge in [-0.3, -0.25) is 13.9 Å². The van der Waals surface area contributed by atoms with Crippen molar-refractivity contribution in [3.63, 3.8) is 0 Å². The number of sulfonamides is 1. The average molecular weight is 510 g/mol. The van der Waals surface area contributed by atoms with Crippen molar-refractivity contribution >= 4 is 39.1 Å². The number of hydrogen-bond acceptors (Lipinski definition) is 5. The van der Waals surface area contributed by atoms with E-state index in [4.69, 9.17) is 16.3 Å². The molecule has 1 N–H and O–H groups in total. The summed E-state index contributed by atoms with van der Waals surface area (Å²) in [7, 11) is -2.27. The molecule has 0 aliphatic rings. The Morgan fingerprint density at radius 3 is 2.41 bits per heavy atom. The lowest BCUT2D eigenvalue weighted by Gasteiger charge is -2.33. The van der Waals surface area contributed by atoms with Crippen LogP contribution in [0.5, 0.6) is 5.75 Å². The molecule has 0 aliphatic carbocycles. The van der Waals surface area contributed by atoms with Crippen molar-refractivity contribution in [1.82, 2.24) is 10.2 Å². The molecule has 0 radical (unpaired) electrons. The first kappa shape index (κ1) is 27.5. The summed E-state index contributed by atoms with van der Waals surface area (Å²) in [5, 5.41) is 3.15. The molecular formula is C24H32ClN3O5S. The number of aryl methyl sites for hydroxylation is 1. The highest BCUT2D eigenvalue weighted by Crippen LogP contribution is 2.25. The third-order valence-electron chi connectivity index (χ3n) is 5.35. The molecule has 2 aromatic rings. The minimum Gasteiger partial charge on any atom is -0.497 e. The summed E-state index contributed by atoms with van der Waals surface area (Å²) >= 11 is 6.21. The molecular weight excluding hydrogens is 478 g/mol. The summed E-state index contributed by atoms with van der Waals surface area (Å²) in [4.78, 5) is 27.8. The van der Waals surface area contributed by atoms with Crippen molar-refractivity contribution in [2.24, 2.45) is 0 Å². The van der Waals surface area contributed by atoms with Gasteiger partial charge < -0.3 is 15.0 Å². The Labute approximate surface area is 206 Å². The number of nitrogens with zero attached hydrogens (tertiary/aromatic N) is 2. The van der Waals surface area contributed by atoms with Crippen LogP contribution in [0.4, 0.5) is 5.69 Å². The molecule has 8 nitrogen and oxygen atoms in total. The van der Waals surface area contributed by atoms with Crippen molar-refractivity contribution in [3.8, 4) is 5.75 Å². The van der Waals surface area contributed by atoms with Gasteiger partial charge in [-0.15, -0.1) is 0 Å². The van der Waals surface area contributed by atoms with Crippen LogP contribution < -0.4 is 14.4 Å². The smallest absolute Gasteiger partial charge is 0.244 e. The molecule has 10 heteroatoms. The second-order valence-electron chi connectivity index (χ2n) is 7.89. The molecule has 186 valence electrons. The molecule has 2 amide bonds. The van der Waals surface area contributed by atoms with E-state index in [1.165, 1.54) is 11.0 Å². The van der Waals surface area contributed by atoms with Crippen LogP contribution in [0.2, 0.25) is 5.02 Å². The van der Waals surface area contributed by atoms with Gasteiger partial charge in [0.25, 0.3) is 0 Å². The number of ether oxygens (including phenoxy) is 1. The van der Waals surface area contributed by atoms with Crippen LogP contribution in [0.25, 0.3) is 0 Å². The fourth-order valence-corrected chi connectivity index (χ4v) is 4.55. The first-order valence-electron chi connectivity index (χ1n) is 11.0. The van der Waals surface area contributed by atoms with Crippen LogP contribution in [-0.4, -0.2) is 57.6 Å². The van der Waals surface area contributed by atoms with Gasteiger partial charge in [0.05, 0.1) is 19.1 Å². The lowest BCUT2D eigenvalue weighted by Crippen LogP contribution is -2.52. The van der Waals surface area contributed by atoms with Gasteiger partial charge in [0.15, 0.2) is 0 Å². The molecule has 0 aliphatic heterocycles. The maximum absolute atomic E-state index is 13.6. The van der Waals surface area contributed by atoms with Crippen LogP contribution in [0.1, 0.15) is 31.4 Å². The quantitative estimate of drug-likeness (QED) is 0.501. The fraction of sp³-hybridized carbons (Fsp3) is 0.417. The van der Waals surface area contributed by atoms with Gasteiger partial charge in [-0.25, -0.2) is 8.42 Å². The lowest BCUT2D eigenvalue weighted by molar-refractivity contribution is -0.140. The van der Waals surface area contributed by atoms with E-state index in [1.54, 1.807) is 58.2 Å². The van der Waals surface area contributed by atoms with Crippen LogP contribution >= 0.6 is 11.6 Å². The van der Waals surface area contributed by atoms with Crippen molar-refractivity contribution in [2.75, 3.05) is 30.8 Å². The van der Waals surface area contributed by atoms with E-state index >= 15 is 0 Å². The molecule has 0 fully saturated rings. The lowest BCUT2D eigenvalue weighted by atomic mass is 10.1. The Morgan fingerprint density at radius 1 is 1.15 bits per heavy atom. The number of benzene rings is 2. The number of halogens is 1.